The number of thiophene rings is 1. The molecule has 0 radical (unpaired) electrons. The molecule has 0 spiro atoms. The Bertz CT molecular complexity index is 739. The van der Waals surface area contributed by atoms with E-state index in [0.717, 1.165) is 15.1 Å². The summed E-state index contributed by atoms with van der Waals surface area (Å²) in [6, 6.07) is 7.95. The van der Waals surface area contributed by atoms with Gasteiger partial charge >= 0.3 is 0 Å². The van der Waals surface area contributed by atoms with Crippen LogP contribution in [0.5, 0.6) is 0 Å². The van der Waals surface area contributed by atoms with Gasteiger partial charge in [-0.05, 0) is 37.3 Å². The molecule has 96 valence electrons. The minimum atomic E-state index is -0.283. The second-order valence-corrected chi connectivity index (χ2v) is 5.64. The van der Waals surface area contributed by atoms with Crippen LogP contribution in [-0.4, -0.2) is 9.97 Å². The van der Waals surface area contributed by atoms with Crippen LogP contribution in [0.4, 0.5) is 16.0 Å². The number of rotatable bonds is 2. The lowest BCUT2D eigenvalue weighted by atomic mass is 10.3. The molecule has 0 aliphatic rings. The molecule has 19 heavy (non-hydrogen) atoms. The molecule has 1 N–H and O–H groups in total. The minimum Gasteiger partial charge on any atom is -0.324 e. The third-order valence-corrected chi connectivity index (χ3v) is 3.80. The van der Waals surface area contributed by atoms with E-state index >= 15 is 0 Å². The van der Waals surface area contributed by atoms with Crippen LogP contribution in [0.2, 0.25) is 5.15 Å². The Balaban J connectivity index is 1.98. The maximum absolute atomic E-state index is 12.8. The summed E-state index contributed by atoms with van der Waals surface area (Å²) in [4.78, 5) is 10.5. The van der Waals surface area contributed by atoms with Crippen molar-refractivity contribution in [3.63, 3.8) is 0 Å². The van der Waals surface area contributed by atoms with Crippen molar-refractivity contribution in [3.05, 3.63) is 46.2 Å². The Morgan fingerprint density at radius 2 is 1.95 bits per heavy atom. The molecule has 3 aromatic rings. The van der Waals surface area contributed by atoms with Gasteiger partial charge in [0.15, 0.2) is 0 Å². The van der Waals surface area contributed by atoms with Crippen LogP contribution in [0.25, 0.3) is 10.2 Å². The Labute approximate surface area is 118 Å². The van der Waals surface area contributed by atoms with E-state index in [-0.39, 0.29) is 5.82 Å². The predicted molar refractivity (Wildman–Crippen MR) is 76.8 cm³/mol. The molecule has 0 aliphatic carbocycles. The summed E-state index contributed by atoms with van der Waals surface area (Å²) < 4.78 is 12.8. The molecule has 0 bridgehead atoms. The minimum absolute atomic E-state index is 0.283. The van der Waals surface area contributed by atoms with Crippen LogP contribution >= 0.6 is 22.9 Å². The summed E-state index contributed by atoms with van der Waals surface area (Å²) in [6.07, 6.45) is 0. The van der Waals surface area contributed by atoms with Gasteiger partial charge in [0, 0.05) is 16.0 Å². The Hall–Kier alpha value is -1.72. The van der Waals surface area contributed by atoms with E-state index in [0.29, 0.717) is 16.8 Å². The fourth-order valence-corrected chi connectivity index (χ4v) is 2.88. The number of aryl methyl sites for hydroxylation is 1. The van der Waals surface area contributed by atoms with E-state index in [4.69, 9.17) is 11.6 Å². The quantitative estimate of drug-likeness (QED) is 0.705. The van der Waals surface area contributed by atoms with Crippen LogP contribution in [0.3, 0.4) is 0 Å². The highest BCUT2D eigenvalue weighted by Crippen LogP contribution is 2.29. The van der Waals surface area contributed by atoms with Gasteiger partial charge in [-0.3, -0.25) is 0 Å². The fourth-order valence-electron chi connectivity index (χ4n) is 1.73. The molecule has 3 rings (SSSR count). The predicted octanol–water partition coefficient (Wildman–Crippen LogP) is 4.54. The average Bonchev–Trinajstić information content (AvgIpc) is 2.73. The first kappa shape index (κ1) is 12.3. The van der Waals surface area contributed by atoms with E-state index in [1.54, 1.807) is 23.5 Å². The largest absolute Gasteiger partial charge is 0.324 e. The lowest BCUT2D eigenvalue weighted by Crippen LogP contribution is -1.97. The van der Waals surface area contributed by atoms with Gasteiger partial charge < -0.3 is 5.32 Å². The molecule has 0 amide bonds. The number of hydrogen-bond donors (Lipinski definition) is 1. The first-order valence-electron chi connectivity index (χ1n) is 5.58. The van der Waals surface area contributed by atoms with Crippen LogP contribution < -0.4 is 5.32 Å². The van der Waals surface area contributed by atoms with E-state index in [1.807, 2.05) is 13.0 Å². The number of nitrogens with one attached hydrogen (secondary N) is 1. The van der Waals surface area contributed by atoms with Gasteiger partial charge in [0.25, 0.3) is 0 Å². The number of aromatic nitrogens is 2. The molecule has 0 saturated carbocycles. The standard InChI is InChI=1S/C13H9ClFN3S/c1-7-6-10-11(14)17-13(18-12(10)19-7)16-9-4-2-8(15)3-5-9/h2-6H,1H3,(H,16,17,18). The molecule has 1 aromatic carbocycles. The number of benzene rings is 1. The van der Waals surface area contributed by atoms with Crippen molar-refractivity contribution in [2.24, 2.45) is 0 Å². The SMILES string of the molecule is Cc1cc2c(Cl)nc(Nc3ccc(F)cc3)nc2s1. The zero-order chi connectivity index (χ0) is 13.4. The van der Waals surface area contributed by atoms with Gasteiger partial charge in [0.1, 0.15) is 15.8 Å². The van der Waals surface area contributed by atoms with Gasteiger partial charge in [-0.15, -0.1) is 11.3 Å². The highest BCUT2D eigenvalue weighted by Gasteiger charge is 2.09. The van der Waals surface area contributed by atoms with Gasteiger partial charge in [-0.25, -0.2) is 14.4 Å². The number of halogens is 2. The molecule has 6 heteroatoms. The number of nitrogens with zero attached hydrogens (tertiary/aromatic N) is 2. The van der Waals surface area contributed by atoms with E-state index in [1.165, 1.54) is 12.1 Å². The Morgan fingerprint density at radius 1 is 1.21 bits per heavy atom. The van der Waals surface area contributed by atoms with Gasteiger partial charge in [0.2, 0.25) is 5.95 Å². The molecule has 0 fully saturated rings. The zero-order valence-electron chi connectivity index (χ0n) is 9.95. The normalized spacial score (nSPS) is 10.9. The number of anilines is 2. The second kappa shape index (κ2) is 4.75. The number of hydrogen-bond acceptors (Lipinski definition) is 4. The van der Waals surface area contributed by atoms with Crippen molar-refractivity contribution in [2.45, 2.75) is 6.92 Å². The van der Waals surface area contributed by atoms with Gasteiger partial charge in [0.05, 0.1) is 0 Å². The fraction of sp³-hybridized carbons (Fsp3) is 0.0769. The molecule has 0 aliphatic heterocycles. The summed E-state index contributed by atoms with van der Waals surface area (Å²) in [5.74, 6) is 0.125. The van der Waals surface area contributed by atoms with Crippen molar-refractivity contribution < 1.29 is 4.39 Å². The molecule has 0 unspecified atom stereocenters. The van der Waals surface area contributed by atoms with Crippen LogP contribution in [-0.2, 0) is 0 Å². The van der Waals surface area contributed by atoms with Gasteiger partial charge in [-0.1, -0.05) is 11.6 Å². The monoisotopic (exact) mass is 293 g/mol. The summed E-state index contributed by atoms with van der Waals surface area (Å²) in [5.41, 5.74) is 0.713. The van der Waals surface area contributed by atoms with Crippen molar-refractivity contribution >= 4 is 44.8 Å². The van der Waals surface area contributed by atoms with Crippen LogP contribution in [0.1, 0.15) is 4.88 Å². The molecular formula is C13H9ClFN3S. The molecule has 0 atom stereocenters. The Morgan fingerprint density at radius 3 is 2.68 bits per heavy atom. The molecule has 2 heterocycles. The van der Waals surface area contributed by atoms with E-state index in [2.05, 4.69) is 15.3 Å². The highest BCUT2D eigenvalue weighted by molar-refractivity contribution is 7.18. The Kier molecular flexibility index (Phi) is 3.08. The molecular weight excluding hydrogens is 285 g/mol. The van der Waals surface area contributed by atoms with E-state index < -0.39 is 0 Å². The second-order valence-electron chi connectivity index (χ2n) is 4.05. The third-order valence-electron chi connectivity index (χ3n) is 2.57. The van der Waals surface area contributed by atoms with Crippen molar-refractivity contribution in [2.75, 3.05) is 5.32 Å². The summed E-state index contributed by atoms with van der Waals surface area (Å²) >= 11 is 7.68. The van der Waals surface area contributed by atoms with Crippen molar-refractivity contribution in [1.29, 1.82) is 0 Å². The summed E-state index contributed by atoms with van der Waals surface area (Å²) in [6.45, 7) is 2.00. The highest BCUT2D eigenvalue weighted by atomic mass is 35.5. The maximum atomic E-state index is 12.8. The topological polar surface area (TPSA) is 37.8 Å². The maximum Gasteiger partial charge on any atom is 0.230 e. The van der Waals surface area contributed by atoms with Gasteiger partial charge in [-0.2, -0.15) is 0 Å². The smallest absolute Gasteiger partial charge is 0.230 e. The number of fused-ring (bicyclic) bond motifs is 1. The summed E-state index contributed by atoms with van der Waals surface area (Å²) in [7, 11) is 0. The van der Waals surface area contributed by atoms with Crippen molar-refractivity contribution in [1.82, 2.24) is 9.97 Å². The lowest BCUT2D eigenvalue weighted by Gasteiger charge is -2.05. The first-order chi connectivity index (χ1) is 9.11. The van der Waals surface area contributed by atoms with E-state index in [9.17, 15) is 4.39 Å². The van der Waals surface area contributed by atoms with Crippen LogP contribution in [0, 0.1) is 12.7 Å². The summed E-state index contributed by atoms with van der Waals surface area (Å²) in [5, 5.41) is 4.28. The third kappa shape index (κ3) is 2.52. The molecule has 3 nitrogen and oxygen atoms in total. The molecule has 2 aromatic heterocycles. The van der Waals surface area contributed by atoms with Crippen molar-refractivity contribution in [3.8, 4) is 0 Å². The van der Waals surface area contributed by atoms with Crippen LogP contribution in [0.15, 0.2) is 30.3 Å². The lowest BCUT2D eigenvalue weighted by molar-refractivity contribution is 0.628. The first-order valence-corrected chi connectivity index (χ1v) is 6.77. The zero-order valence-corrected chi connectivity index (χ0v) is 11.5. The average molecular weight is 294 g/mol. The molecule has 0 saturated heterocycles.